The molecule has 7 heteroatoms. The molecule has 0 unspecified atom stereocenters. The number of H-pyrrole nitrogens is 1. The highest BCUT2D eigenvalue weighted by Crippen LogP contribution is 2.28. The number of nitrogens with zero attached hydrogens (tertiary/aromatic N) is 2. The van der Waals surface area contributed by atoms with Crippen LogP contribution in [0.5, 0.6) is 0 Å². The number of aryl methyl sites for hydroxylation is 4. The number of amides is 1. The molecular weight excluding hydrogens is 432 g/mol. The first-order chi connectivity index (χ1) is 15.7. The van der Waals surface area contributed by atoms with E-state index in [9.17, 15) is 9.59 Å². The second-order valence-electron chi connectivity index (χ2n) is 8.62. The Kier molecular flexibility index (Phi) is 6.44. The largest absolute Gasteiger partial charge is 0.321 e. The van der Waals surface area contributed by atoms with Crippen LogP contribution in [-0.4, -0.2) is 27.8 Å². The molecule has 33 heavy (non-hydrogen) atoms. The number of carbonyl (C=O) groups is 1. The van der Waals surface area contributed by atoms with Crippen LogP contribution in [0, 0.1) is 27.7 Å². The molecule has 0 aliphatic rings. The fraction of sp³-hybridized carbons (Fsp3) is 0.269. The molecule has 2 aromatic heterocycles. The summed E-state index contributed by atoms with van der Waals surface area (Å²) in [6, 6.07) is 14.1. The summed E-state index contributed by atoms with van der Waals surface area (Å²) in [6.07, 6.45) is 0. The normalized spacial score (nSPS) is 11.3. The van der Waals surface area contributed by atoms with Crippen LogP contribution < -0.4 is 10.9 Å². The van der Waals surface area contributed by atoms with Crippen molar-refractivity contribution in [2.24, 2.45) is 0 Å². The quantitative estimate of drug-likeness (QED) is 0.419. The lowest BCUT2D eigenvalue weighted by Gasteiger charge is -2.17. The van der Waals surface area contributed by atoms with Crippen LogP contribution in [0.15, 0.2) is 47.3 Å². The summed E-state index contributed by atoms with van der Waals surface area (Å²) in [7, 11) is 2.00. The van der Waals surface area contributed by atoms with Gasteiger partial charge in [-0.3, -0.25) is 14.5 Å². The Balaban J connectivity index is 1.58. The molecule has 0 aliphatic carbocycles. The predicted octanol–water partition coefficient (Wildman–Crippen LogP) is 5.10. The molecule has 0 radical (unpaired) electrons. The molecule has 2 N–H and O–H groups in total. The minimum atomic E-state index is -0.222. The van der Waals surface area contributed by atoms with Crippen LogP contribution in [0.25, 0.3) is 10.2 Å². The summed E-state index contributed by atoms with van der Waals surface area (Å²) in [4.78, 5) is 36.7. The van der Waals surface area contributed by atoms with Crippen molar-refractivity contribution in [2.45, 2.75) is 40.8 Å². The molecule has 4 rings (SSSR count). The van der Waals surface area contributed by atoms with Crippen molar-refractivity contribution < 1.29 is 4.79 Å². The van der Waals surface area contributed by atoms with E-state index in [2.05, 4.69) is 39.2 Å². The lowest BCUT2D eigenvalue weighted by atomic mass is 10.1. The number of carbonyl (C=O) groups excluding carboxylic acids is 1. The summed E-state index contributed by atoms with van der Waals surface area (Å²) in [5, 5.41) is 3.46. The van der Waals surface area contributed by atoms with Gasteiger partial charge >= 0.3 is 0 Å². The van der Waals surface area contributed by atoms with Crippen molar-refractivity contribution in [3.8, 4) is 0 Å². The summed E-state index contributed by atoms with van der Waals surface area (Å²) >= 11 is 1.26. The van der Waals surface area contributed by atoms with Gasteiger partial charge in [-0.25, -0.2) is 4.98 Å². The Morgan fingerprint density at radius 1 is 1.06 bits per heavy atom. The maximum atomic E-state index is 13.0. The number of fused-ring (bicyclic) bond motifs is 1. The van der Waals surface area contributed by atoms with Crippen LogP contribution in [-0.2, 0) is 13.1 Å². The van der Waals surface area contributed by atoms with Gasteiger partial charge in [0.05, 0.1) is 16.8 Å². The second-order valence-corrected chi connectivity index (χ2v) is 9.62. The molecule has 170 valence electrons. The summed E-state index contributed by atoms with van der Waals surface area (Å²) in [5.41, 5.74) is 5.82. The van der Waals surface area contributed by atoms with Crippen molar-refractivity contribution >= 4 is 33.1 Å². The maximum absolute atomic E-state index is 13.0. The highest BCUT2D eigenvalue weighted by atomic mass is 32.1. The van der Waals surface area contributed by atoms with Crippen molar-refractivity contribution in [3.05, 3.63) is 91.3 Å². The maximum Gasteiger partial charge on any atom is 0.266 e. The topological polar surface area (TPSA) is 78.1 Å². The zero-order valence-electron chi connectivity index (χ0n) is 19.6. The number of rotatable bonds is 6. The van der Waals surface area contributed by atoms with Gasteiger partial charge in [-0.15, -0.1) is 11.3 Å². The Hall–Kier alpha value is -3.29. The first kappa shape index (κ1) is 22.9. The molecular formula is C26H28N4O2S. The van der Waals surface area contributed by atoms with E-state index in [1.165, 1.54) is 22.5 Å². The number of hydrogen-bond acceptors (Lipinski definition) is 5. The lowest BCUT2D eigenvalue weighted by Crippen LogP contribution is -2.22. The Morgan fingerprint density at radius 2 is 1.82 bits per heavy atom. The highest BCUT2D eigenvalue weighted by molar-refractivity contribution is 7.20. The molecule has 0 spiro atoms. The van der Waals surface area contributed by atoms with E-state index in [4.69, 9.17) is 0 Å². The summed E-state index contributed by atoms with van der Waals surface area (Å²) < 4.78 is 0. The van der Waals surface area contributed by atoms with E-state index in [-0.39, 0.29) is 11.5 Å². The number of benzene rings is 2. The minimum Gasteiger partial charge on any atom is -0.321 e. The fourth-order valence-corrected chi connectivity index (χ4v) is 5.10. The number of aromatic nitrogens is 2. The lowest BCUT2D eigenvalue weighted by molar-refractivity contribution is 0.103. The van der Waals surface area contributed by atoms with E-state index >= 15 is 0 Å². The number of aromatic amines is 1. The van der Waals surface area contributed by atoms with Crippen molar-refractivity contribution in [1.29, 1.82) is 0 Å². The monoisotopic (exact) mass is 460 g/mol. The van der Waals surface area contributed by atoms with E-state index in [0.717, 1.165) is 23.4 Å². The number of thiophene rings is 1. The van der Waals surface area contributed by atoms with Gasteiger partial charge in [0.25, 0.3) is 11.5 Å². The van der Waals surface area contributed by atoms with Crippen LogP contribution in [0.3, 0.4) is 0 Å². The zero-order valence-corrected chi connectivity index (χ0v) is 20.4. The second kappa shape index (κ2) is 9.29. The average molecular weight is 461 g/mol. The smallest absolute Gasteiger partial charge is 0.266 e. The summed E-state index contributed by atoms with van der Waals surface area (Å²) in [5.74, 6) is 0.367. The van der Waals surface area contributed by atoms with Gasteiger partial charge in [-0.2, -0.15) is 0 Å². The van der Waals surface area contributed by atoms with Crippen LogP contribution >= 0.6 is 11.3 Å². The van der Waals surface area contributed by atoms with Gasteiger partial charge in [-0.05, 0) is 63.1 Å². The number of anilines is 1. The highest BCUT2D eigenvalue weighted by Gasteiger charge is 2.20. The Labute approximate surface area is 197 Å². The summed E-state index contributed by atoms with van der Waals surface area (Å²) in [6.45, 7) is 9.13. The van der Waals surface area contributed by atoms with E-state index in [1.807, 2.05) is 51.2 Å². The van der Waals surface area contributed by atoms with Gasteiger partial charge in [0, 0.05) is 12.2 Å². The van der Waals surface area contributed by atoms with Crippen molar-refractivity contribution in [2.75, 3.05) is 12.4 Å². The van der Waals surface area contributed by atoms with Crippen LogP contribution in [0.1, 0.15) is 43.3 Å². The Bertz CT molecular complexity index is 1400. The molecule has 0 aliphatic heterocycles. The minimum absolute atomic E-state index is 0.210. The molecule has 6 nitrogen and oxygen atoms in total. The Morgan fingerprint density at radius 3 is 2.55 bits per heavy atom. The van der Waals surface area contributed by atoms with Crippen molar-refractivity contribution in [3.63, 3.8) is 0 Å². The fourth-order valence-electron chi connectivity index (χ4n) is 4.00. The third kappa shape index (κ3) is 4.89. The molecule has 0 bridgehead atoms. The predicted molar refractivity (Wildman–Crippen MR) is 135 cm³/mol. The molecule has 2 aromatic carbocycles. The first-order valence-electron chi connectivity index (χ1n) is 10.9. The molecule has 4 aromatic rings. The van der Waals surface area contributed by atoms with Gasteiger partial charge in [0.15, 0.2) is 0 Å². The zero-order chi connectivity index (χ0) is 23.7. The van der Waals surface area contributed by atoms with E-state index in [1.54, 1.807) is 6.92 Å². The van der Waals surface area contributed by atoms with Gasteiger partial charge in [0.1, 0.15) is 10.7 Å². The third-order valence-electron chi connectivity index (χ3n) is 5.81. The third-order valence-corrected chi connectivity index (χ3v) is 6.99. The van der Waals surface area contributed by atoms with Crippen LogP contribution in [0.2, 0.25) is 0 Å². The van der Waals surface area contributed by atoms with Gasteiger partial charge < -0.3 is 10.3 Å². The van der Waals surface area contributed by atoms with Crippen molar-refractivity contribution in [1.82, 2.24) is 14.9 Å². The SMILES string of the molecule is Cc1ccc(NC(=O)c2sc3nc(CN(C)Cc4ccccc4C)[nH]c(=O)c3c2C)c(C)c1. The molecule has 0 fully saturated rings. The number of hydrogen-bond donors (Lipinski definition) is 2. The van der Waals surface area contributed by atoms with Crippen LogP contribution in [0.4, 0.5) is 5.69 Å². The molecule has 0 atom stereocenters. The number of nitrogens with one attached hydrogen (secondary N) is 2. The average Bonchev–Trinajstić information content (AvgIpc) is 3.08. The molecule has 0 saturated carbocycles. The van der Waals surface area contributed by atoms with E-state index in [0.29, 0.717) is 33.0 Å². The standard InChI is InChI=1S/C26H28N4O2S/c1-15-10-11-20(17(3)12-15)27-25(32)23-18(4)22-24(31)28-21(29-26(22)33-23)14-30(5)13-19-9-7-6-8-16(19)2/h6-12H,13-14H2,1-5H3,(H,27,32)(H,28,29,31). The molecule has 0 saturated heterocycles. The van der Waals surface area contributed by atoms with Gasteiger partial charge in [0.2, 0.25) is 0 Å². The first-order valence-corrected chi connectivity index (χ1v) is 11.7. The molecule has 1 amide bonds. The van der Waals surface area contributed by atoms with E-state index < -0.39 is 0 Å². The molecule has 2 heterocycles. The van der Waals surface area contributed by atoms with Gasteiger partial charge in [-0.1, -0.05) is 42.0 Å².